The number of carboxylic acids is 1. The molecule has 1 aliphatic carbocycles. The number of aliphatic carboxylic acids is 1. The molecular formula is C19H24N4O5. The second-order valence-electron chi connectivity index (χ2n) is 7.16. The summed E-state index contributed by atoms with van der Waals surface area (Å²) in [5.74, 6) is -1.86. The summed E-state index contributed by atoms with van der Waals surface area (Å²) < 4.78 is 0. The third-order valence-electron chi connectivity index (χ3n) is 5.10. The Kier molecular flexibility index (Phi) is 6.23. The van der Waals surface area contributed by atoms with Gasteiger partial charge in [0, 0.05) is 43.4 Å². The van der Waals surface area contributed by atoms with Crippen LogP contribution in [0.4, 0.5) is 0 Å². The van der Waals surface area contributed by atoms with Crippen LogP contribution in [0.2, 0.25) is 0 Å². The van der Waals surface area contributed by atoms with E-state index in [-0.39, 0.29) is 25.3 Å². The van der Waals surface area contributed by atoms with Crippen LogP contribution in [0.3, 0.4) is 0 Å². The summed E-state index contributed by atoms with van der Waals surface area (Å²) in [5.41, 5.74) is 0.326. The zero-order valence-electron chi connectivity index (χ0n) is 15.6. The highest BCUT2D eigenvalue weighted by Gasteiger charge is 2.32. The first-order valence-electron chi connectivity index (χ1n) is 9.48. The SMILES string of the molecule is O=C(O)CNC(=O)C1=C(O)CCN(Cc2cnc(C3CCCCC3)nc2)C1=O. The summed E-state index contributed by atoms with van der Waals surface area (Å²) in [4.78, 5) is 45.6. The first-order valence-corrected chi connectivity index (χ1v) is 9.48. The molecule has 1 fully saturated rings. The molecule has 3 N–H and O–H groups in total. The number of hydrogen-bond acceptors (Lipinski definition) is 6. The number of hydrogen-bond donors (Lipinski definition) is 3. The normalized spacial score (nSPS) is 18.3. The van der Waals surface area contributed by atoms with E-state index >= 15 is 0 Å². The van der Waals surface area contributed by atoms with Gasteiger partial charge in [-0.15, -0.1) is 0 Å². The van der Waals surface area contributed by atoms with Crippen molar-refractivity contribution < 1.29 is 24.6 Å². The standard InChI is InChI=1S/C19H24N4O5/c24-14-6-7-23(19(28)16(14)18(27)22-10-15(25)26)11-12-8-20-17(21-9-12)13-4-2-1-3-5-13/h8-9,13,24H,1-7,10-11H2,(H,22,27)(H,25,26). The van der Waals surface area contributed by atoms with Gasteiger partial charge in [0.1, 0.15) is 23.7 Å². The lowest BCUT2D eigenvalue weighted by Crippen LogP contribution is -2.43. The molecule has 0 radical (unpaired) electrons. The monoisotopic (exact) mass is 388 g/mol. The van der Waals surface area contributed by atoms with Crippen LogP contribution in [0.1, 0.15) is 55.8 Å². The fraction of sp³-hybridized carbons (Fsp3) is 0.526. The number of aromatic nitrogens is 2. The fourth-order valence-electron chi connectivity index (χ4n) is 3.61. The molecule has 0 atom stereocenters. The smallest absolute Gasteiger partial charge is 0.322 e. The quantitative estimate of drug-likeness (QED) is 0.625. The van der Waals surface area contributed by atoms with Gasteiger partial charge in [0.2, 0.25) is 0 Å². The molecule has 0 aromatic carbocycles. The van der Waals surface area contributed by atoms with E-state index in [1.165, 1.54) is 24.2 Å². The summed E-state index contributed by atoms with van der Waals surface area (Å²) in [6.45, 7) is -0.156. The van der Waals surface area contributed by atoms with Gasteiger partial charge in [-0.25, -0.2) is 9.97 Å². The fourth-order valence-corrected chi connectivity index (χ4v) is 3.61. The number of carboxylic acid groups (broad SMARTS) is 1. The van der Waals surface area contributed by atoms with Gasteiger partial charge in [-0.1, -0.05) is 19.3 Å². The van der Waals surface area contributed by atoms with Gasteiger partial charge in [-0.05, 0) is 12.8 Å². The molecule has 0 bridgehead atoms. The Hall–Kier alpha value is -2.97. The van der Waals surface area contributed by atoms with E-state index in [1.807, 2.05) is 0 Å². The highest BCUT2D eigenvalue weighted by Crippen LogP contribution is 2.30. The third-order valence-corrected chi connectivity index (χ3v) is 5.10. The molecule has 0 saturated heterocycles. The van der Waals surface area contributed by atoms with Gasteiger partial charge in [0.05, 0.1) is 0 Å². The summed E-state index contributed by atoms with van der Waals surface area (Å²) in [7, 11) is 0. The average molecular weight is 388 g/mol. The van der Waals surface area contributed by atoms with Crippen molar-refractivity contribution in [3.63, 3.8) is 0 Å². The van der Waals surface area contributed by atoms with Crippen molar-refractivity contribution in [3.8, 4) is 0 Å². The Labute approximate surface area is 162 Å². The van der Waals surface area contributed by atoms with E-state index in [1.54, 1.807) is 12.4 Å². The Morgan fingerprint density at radius 3 is 2.50 bits per heavy atom. The van der Waals surface area contributed by atoms with Crippen LogP contribution in [0.5, 0.6) is 0 Å². The number of nitrogens with zero attached hydrogens (tertiary/aromatic N) is 3. The molecule has 2 amide bonds. The topological polar surface area (TPSA) is 133 Å². The Balaban J connectivity index is 1.65. The van der Waals surface area contributed by atoms with Crippen LogP contribution >= 0.6 is 0 Å². The molecule has 1 aromatic rings. The van der Waals surface area contributed by atoms with Gasteiger partial charge in [0.15, 0.2) is 0 Å². The summed E-state index contributed by atoms with van der Waals surface area (Å²) in [6, 6.07) is 0. The number of amides is 2. The lowest BCUT2D eigenvalue weighted by molar-refractivity contribution is -0.138. The second kappa shape index (κ2) is 8.81. The van der Waals surface area contributed by atoms with Gasteiger partial charge in [0.25, 0.3) is 11.8 Å². The van der Waals surface area contributed by atoms with Crippen molar-refractivity contribution in [2.45, 2.75) is 51.0 Å². The predicted molar refractivity (Wildman–Crippen MR) is 98.2 cm³/mol. The van der Waals surface area contributed by atoms with Crippen LogP contribution in [0.15, 0.2) is 23.7 Å². The van der Waals surface area contributed by atoms with Crippen molar-refractivity contribution in [2.75, 3.05) is 13.1 Å². The van der Waals surface area contributed by atoms with Crippen LogP contribution in [-0.4, -0.2) is 56.0 Å². The molecule has 28 heavy (non-hydrogen) atoms. The van der Waals surface area contributed by atoms with E-state index in [9.17, 15) is 19.5 Å². The van der Waals surface area contributed by atoms with E-state index in [0.29, 0.717) is 5.92 Å². The maximum atomic E-state index is 12.6. The molecule has 1 aromatic heterocycles. The molecule has 1 aliphatic heterocycles. The highest BCUT2D eigenvalue weighted by atomic mass is 16.4. The largest absolute Gasteiger partial charge is 0.511 e. The molecule has 1 saturated carbocycles. The molecule has 3 rings (SSSR count). The van der Waals surface area contributed by atoms with E-state index in [2.05, 4.69) is 15.3 Å². The molecule has 2 heterocycles. The van der Waals surface area contributed by atoms with Crippen LogP contribution in [0.25, 0.3) is 0 Å². The first kappa shape index (κ1) is 19.8. The minimum atomic E-state index is -1.23. The van der Waals surface area contributed by atoms with Crippen LogP contribution in [-0.2, 0) is 20.9 Å². The van der Waals surface area contributed by atoms with Crippen molar-refractivity contribution in [1.82, 2.24) is 20.2 Å². The van der Waals surface area contributed by atoms with E-state index < -0.39 is 29.9 Å². The van der Waals surface area contributed by atoms with Gasteiger partial charge in [-0.3, -0.25) is 14.4 Å². The maximum absolute atomic E-state index is 12.6. The van der Waals surface area contributed by atoms with Gasteiger partial charge >= 0.3 is 5.97 Å². The lowest BCUT2D eigenvalue weighted by Gasteiger charge is -2.28. The Morgan fingerprint density at radius 1 is 1.18 bits per heavy atom. The maximum Gasteiger partial charge on any atom is 0.322 e. The highest BCUT2D eigenvalue weighted by molar-refractivity contribution is 6.19. The van der Waals surface area contributed by atoms with E-state index in [0.717, 1.165) is 24.2 Å². The number of carbonyl (C=O) groups excluding carboxylic acids is 2. The zero-order valence-corrected chi connectivity index (χ0v) is 15.6. The lowest BCUT2D eigenvalue weighted by atomic mass is 9.89. The van der Waals surface area contributed by atoms with Crippen molar-refractivity contribution >= 4 is 17.8 Å². The second-order valence-corrected chi connectivity index (χ2v) is 7.16. The number of carbonyl (C=O) groups is 3. The Bertz CT molecular complexity index is 784. The number of aliphatic hydroxyl groups excluding tert-OH is 1. The van der Waals surface area contributed by atoms with Crippen molar-refractivity contribution in [2.24, 2.45) is 0 Å². The molecule has 9 nitrogen and oxygen atoms in total. The van der Waals surface area contributed by atoms with E-state index in [4.69, 9.17) is 5.11 Å². The molecule has 2 aliphatic rings. The van der Waals surface area contributed by atoms with Gasteiger partial charge < -0.3 is 20.4 Å². The zero-order chi connectivity index (χ0) is 20.1. The number of nitrogens with one attached hydrogen (secondary N) is 1. The molecule has 0 spiro atoms. The minimum Gasteiger partial charge on any atom is -0.511 e. The van der Waals surface area contributed by atoms with Crippen molar-refractivity contribution in [1.29, 1.82) is 0 Å². The van der Waals surface area contributed by atoms with Crippen LogP contribution < -0.4 is 5.32 Å². The molecule has 150 valence electrons. The third kappa shape index (κ3) is 4.65. The summed E-state index contributed by atoms with van der Waals surface area (Å²) in [5, 5.41) is 20.7. The van der Waals surface area contributed by atoms with Crippen molar-refractivity contribution in [3.05, 3.63) is 35.1 Å². The molecule has 0 unspecified atom stereocenters. The van der Waals surface area contributed by atoms with Crippen LogP contribution in [0, 0.1) is 0 Å². The average Bonchev–Trinajstić information content (AvgIpc) is 2.70. The Morgan fingerprint density at radius 2 is 1.86 bits per heavy atom. The summed E-state index contributed by atoms with van der Waals surface area (Å²) >= 11 is 0. The summed E-state index contributed by atoms with van der Waals surface area (Å²) in [6.07, 6.45) is 9.38. The number of aliphatic hydroxyl groups is 1. The number of rotatable bonds is 6. The molecule has 9 heteroatoms. The molecular weight excluding hydrogens is 364 g/mol. The minimum absolute atomic E-state index is 0.128. The first-order chi connectivity index (χ1) is 13.5. The predicted octanol–water partition coefficient (Wildman–Crippen LogP) is 1.27. The van der Waals surface area contributed by atoms with Gasteiger partial charge in [-0.2, -0.15) is 0 Å².